The van der Waals surface area contributed by atoms with E-state index in [0.29, 0.717) is 25.3 Å². The number of fused-ring (bicyclic) bond motifs is 1. The average molecular weight is 300 g/mol. The standard InChI is InChI=1S/C17H20N2O3/c1-2-22-17(21)14-10-19(11-16(14)20)8-7-12-9-18-15-6-4-3-5-13(12)15/h3-6,9,18,20H,2,7-8,10-11H2,1H3. The Morgan fingerprint density at radius 2 is 2.18 bits per heavy atom. The second kappa shape index (κ2) is 6.23. The van der Waals surface area contributed by atoms with Gasteiger partial charge in [0.1, 0.15) is 5.76 Å². The van der Waals surface area contributed by atoms with Gasteiger partial charge in [0.05, 0.1) is 18.7 Å². The number of benzene rings is 1. The maximum Gasteiger partial charge on any atom is 0.338 e. The Labute approximate surface area is 129 Å². The zero-order valence-electron chi connectivity index (χ0n) is 12.6. The van der Waals surface area contributed by atoms with Gasteiger partial charge in [-0.05, 0) is 25.0 Å². The number of hydrogen-bond donors (Lipinski definition) is 2. The van der Waals surface area contributed by atoms with Crippen molar-refractivity contribution in [3.05, 3.63) is 47.4 Å². The minimum absolute atomic E-state index is 0.136. The van der Waals surface area contributed by atoms with Gasteiger partial charge < -0.3 is 14.8 Å². The quantitative estimate of drug-likeness (QED) is 0.832. The van der Waals surface area contributed by atoms with Gasteiger partial charge >= 0.3 is 5.97 Å². The third-order valence-electron chi connectivity index (χ3n) is 4.00. The van der Waals surface area contributed by atoms with E-state index in [0.717, 1.165) is 18.5 Å². The van der Waals surface area contributed by atoms with Crippen LogP contribution in [-0.4, -0.2) is 47.2 Å². The summed E-state index contributed by atoms with van der Waals surface area (Å²) in [5, 5.41) is 11.1. The van der Waals surface area contributed by atoms with E-state index in [1.807, 2.05) is 18.3 Å². The fourth-order valence-corrected chi connectivity index (χ4v) is 2.85. The fourth-order valence-electron chi connectivity index (χ4n) is 2.85. The maximum absolute atomic E-state index is 11.7. The van der Waals surface area contributed by atoms with Crippen molar-refractivity contribution in [2.45, 2.75) is 13.3 Å². The first kappa shape index (κ1) is 14.7. The molecule has 0 bridgehead atoms. The number of nitrogens with one attached hydrogen (secondary N) is 1. The molecule has 1 aromatic carbocycles. The highest BCUT2D eigenvalue weighted by Gasteiger charge is 2.27. The van der Waals surface area contributed by atoms with Gasteiger partial charge in [0.15, 0.2) is 0 Å². The van der Waals surface area contributed by atoms with Crippen molar-refractivity contribution < 1.29 is 14.6 Å². The number of aliphatic hydroxyl groups excluding tert-OH is 1. The predicted octanol–water partition coefficient (Wildman–Crippen LogP) is 2.40. The smallest absolute Gasteiger partial charge is 0.338 e. The molecule has 0 saturated heterocycles. The largest absolute Gasteiger partial charge is 0.510 e. The monoisotopic (exact) mass is 300 g/mol. The fraction of sp³-hybridized carbons (Fsp3) is 0.353. The number of H-pyrrole nitrogens is 1. The molecule has 0 spiro atoms. The van der Waals surface area contributed by atoms with Crippen molar-refractivity contribution in [3.8, 4) is 0 Å². The Bertz CT molecular complexity index is 718. The summed E-state index contributed by atoms with van der Waals surface area (Å²) in [5.74, 6) is -0.271. The molecule has 0 unspecified atom stereocenters. The van der Waals surface area contributed by atoms with Crippen LogP contribution in [0, 0.1) is 0 Å². The Kier molecular flexibility index (Phi) is 4.15. The molecule has 0 saturated carbocycles. The van der Waals surface area contributed by atoms with E-state index < -0.39 is 5.97 Å². The second-order valence-corrected chi connectivity index (χ2v) is 5.47. The van der Waals surface area contributed by atoms with Crippen LogP contribution >= 0.6 is 0 Å². The Morgan fingerprint density at radius 3 is 3.00 bits per heavy atom. The van der Waals surface area contributed by atoms with Crippen LogP contribution in [0.15, 0.2) is 41.8 Å². The Balaban J connectivity index is 1.61. The van der Waals surface area contributed by atoms with E-state index in [9.17, 15) is 9.90 Å². The lowest BCUT2D eigenvalue weighted by Crippen LogP contribution is -2.25. The zero-order valence-corrected chi connectivity index (χ0v) is 12.6. The summed E-state index contributed by atoms with van der Waals surface area (Å²) in [7, 11) is 0. The van der Waals surface area contributed by atoms with Crippen molar-refractivity contribution in [3.63, 3.8) is 0 Å². The van der Waals surface area contributed by atoms with Gasteiger partial charge in [-0.1, -0.05) is 18.2 Å². The van der Waals surface area contributed by atoms with Gasteiger partial charge in [0.25, 0.3) is 0 Å². The van der Waals surface area contributed by atoms with E-state index in [4.69, 9.17) is 4.74 Å². The number of esters is 1. The molecular weight excluding hydrogens is 280 g/mol. The first-order valence-electron chi connectivity index (χ1n) is 7.54. The van der Waals surface area contributed by atoms with E-state index in [1.165, 1.54) is 10.9 Å². The number of para-hydroxylation sites is 1. The van der Waals surface area contributed by atoms with Crippen LogP contribution in [0.2, 0.25) is 0 Å². The summed E-state index contributed by atoms with van der Waals surface area (Å²) < 4.78 is 4.96. The molecule has 0 radical (unpaired) electrons. The third-order valence-corrected chi connectivity index (χ3v) is 4.00. The average Bonchev–Trinajstić information content (AvgIpc) is 3.09. The molecule has 0 amide bonds. The van der Waals surface area contributed by atoms with Crippen molar-refractivity contribution in [1.82, 2.24) is 9.88 Å². The summed E-state index contributed by atoms with van der Waals surface area (Å²) in [4.78, 5) is 17.1. The van der Waals surface area contributed by atoms with E-state index >= 15 is 0 Å². The van der Waals surface area contributed by atoms with Crippen LogP contribution in [-0.2, 0) is 16.0 Å². The lowest BCUT2D eigenvalue weighted by atomic mass is 10.1. The molecule has 2 N–H and O–H groups in total. The number of ether oxygens (including phenoxy) is 1. The zero-order chi connectivity index (χ0) is 15.5. The van der Waals surface area contributed by atoms with Crippen LogP contribution in [0.4, 0.5) is 0 Å². The number of rotatable bonds is 5. The van der Waals surface area contributed by atoms with E-state index in [1.54, 1.807) is 6.92 Å². The molecule has 22 heavy (non-hydrogen) atoms. The molecule has 0 fully saturated rings. The van der Waals surface area contributed by atoms with Crippen LogP contribution in [0.5, 0.6) is 0 Å². The highest BCUT2D eigenvalue weighted by molar-refractivity contribution is 5.90. The molecule has 1 aromatic heterocycles. The summed E-state index contributed by atoms with van der Waals surface area (Å²) in [6, 6.07) is 8.20. The number of aliphatic hydroxyl groups is 1. The van der Waals surface area contributed by atoms with Crippen molar-refractivity contribution in [1.29, 1.82) is 0 Å². The number of hydrogen-bond acceptors (Lipinski definition) is 4. The van der Waals surface area contributed by atoms with Crippen LogP contribution < -0.4 is 0 Å². The Hall–Kier alpha value is -2.27. The van der Waals surface area contributed by atoms with Crippen molar-refractivity contribution >= 4 is 16.9 Å². The van der Waals surface area contributed by atoms with Gasteiger partial charge in [0.2, 0.25) is 0 Å². The molecule has 5 nitrogen and oxygen atoms in total. The van der Waals surface area contributed by atoms with Gasteiger partial charge in [-0.2, -0.15) is 0 Å². The lowest BCUT2D eigenvalue weighted by Gasteiger charge is -2.14. The molecule has 3 rings (SSSR count). The number of carbonyl (C=O) groups excluding carboxylic acids is 1. The van der Waals surface area contributed by atoms with E-state index in [2.05, 4.69) is 22.0 Å². The summed E-state index contributed by atoms with van der Waals surface area (Å²) in [6.45, 7) is 3.74. The molecule has 1 aliphatic heterocycles. The van der Waals surface area contributed by atoms with Gasteiger partial charge in [0, 0.05) is 30.2 Å². The molecule has 1 aliphatic rings. The number of aromatic nitrogens is 1. The second-order valence-electron chi connectivity index (χ2n) is 5.47. The van der Waals surface area contributed by atoms with Gasteiger partial charge in [-0.25, -0.2) is 4.79 Å². The van der Waals surface area contributed by atoms with Crippen molar-refractivity contribution in [2.75, 3.05) is 26.2 Å². The van der Waals surface area contributed by atoms with E-state index in [-0.39, 0.29) is 5.76 Å². The molecule has 5 heteroatoms. The van der Waals surface area contributed by atoms with Gasteiger partial charge in [-0.3, -0.25) is 4.90 Å². The van der Waals surface area contributed by atoms with Crippen molar-refractivity contribution in [2.24, 2.45) is 0 Å². The summed E-state index contributed by atoms with van der Waals surface area (Å²) in [5.41, 5.74) is 2.77. The lowest BCUT2D eigenvalue weighted by molar-refractivity contribution is -0.138. The molecular formula is C17H20N2O3. The highest BCUT2D eigenvalue weighted by Crippen LogP contribution is 2.21. The SMILES string of the molecule is CCOC(=O)C1=C(O)CN(CCc2c[nH]c3ccccc23)C1. The molecule has 116 valence electrons. The van der Waals surface area contributed by atoms with Crippen LogP contribution in [0.1, 0.15) is 12.5 Å². The number of aromatic amines is 1. The Morgan fingerprint density at radius 1 is 1.36 bits per heavy atom. The topological polar surface area (TPSA) is 65.6 Å². The molecule has 2 heterocycles. The first-order chi connectivity index (χ1) is 10.7. The van der Waals surface area contributed by atoms with Crippen LogP contribution in [0.25, 0.3) is 10.9 Å². The maximum atomic E-state index is 11.7. The minimum atomic E-state index is -0.408. The summed E-state index contributed by atoms with van der Waals surface area (Å²) in [6.07, 6.45) is 2.90. The number of nitrogens with zero attached hydrogens (tertiary/aromatic N) is 1. The van der Waals surface area contributed by atoms with Crippen LogP contribution in [0.3, 0.4) is 0 Å². The highest BCUT2D eigenvalue weighted by atomic mass is 16.5. The third kappa shape index (κ3) is 2.85. The predicted molar refractivity (Wildman–Crippen MR) is 84.7 cm³/mol. The van der Waals surface area contributed by atoms with Gasteiger partial charge in [-0.15, -0.1) is 0 Å². The molecule has 2 aromatic rings. The first-order valence-corrected chi connectivity index (χ1v) is 7.54. The summed E-state index contributed by atoms with van der Waals surface area (Å²) >= 11 is 0. The number of carbonyl (C=O) groups is 1. The minimum Gasteiger partial charge on any atom is -0.510 e. The molecule has 0 atom stereocenters. The normalized spacial score (nSPS) is 15.7. The molecule has 0 aliphatic carbocycles.